The van der Waals surface area contributed by atoms with Crippen LogP contribution in [0.5, 0.6) is 17.2 Å². The minimum atomic E-state index is 0.423. The second-order valence-corrected chi connectivity index (χ2v) is 6.44. The van der Waals surface area contributed by atoms with Crippen LogP contribution in [0.2, 0.25) is 5.02 Å². The summed E-state index contributed by atoms with van der Waals surface area (Å²) in [6, 6.07) is 15.2. The van der Waals surface area contributed by atoms with Crippen molar-refractivity contribution in [3.05, 3.63) is 76.4 Å². The van der Waals surface area contributed by atoms with Gasteiger partial charge in [0.05, 0.1) is 19.2 Å². The van der Waals surface area contributed by atoms with E-state index in [2.05, 4.69) is 4.98 Å². The normalized spacial score (nSPS) is 10.8. The van der Waals surface area contributed by atoms with Crippen LogP contribution in [0.4, 0.5) is 5.82 Å². The fourth-order valence-electron chi connectivity index (χ4n) is 2.57. The lowest BCUT2D eigenvalue weighted by atomic mass is 10.1. The monoisotopic (exact) mass is 396 g/mol. The third-order valence-corrected chi connectivity index (χ3v) is 4.32. The zero-order chi connectivity index (χ0) is 19.9. The van der Waals surface area contributed by atoms with Crippen LogP contribution in [-0.2, 0) is 6.61 Å². The number of hydrogen-bond acceptors (Lipinski definition) is 5. The van der Waals surface area contributed by atoms with Gasteiger partial charge in [-0.1, -0.05) is 42.0 Å². The summed E-state index contributed by atoms with van der Waals surface area (Å²) in [5.41, 5.74) is 8.60. The predicted octanol–water partition coefficient (Wildman–Crippen LogP) is 5.08. The second-order valence-electron chi connectivity index (χ2n) is 6.01. The molecular weight excluding hydrogens is 376 g/mol. The van der Waals surface area contributed by atoms with Crippen LogP contribution in [0, 0.1) is 0 Å². The van der Waals surface area contributed by atoms with E-state index < -0.39 is 0 Å². The Morgan fingerprint density at radius 2 is 1.75 bits per heavy atom. The fourth-order valence-corrected chi connectivity index (χ4v) is 2.74. The quantitative estimate of drug-likeness (QED) is 0.603. The summed E-state index contributed by atoms with van der Waals surface area (Å²) >= 11 is 5.97. The molecule has 0 amide bonds. The van der Waals surface area contributed by atoms with Crippen molar-refractivity contribution in [2.24, 2.45) is 0 Å². The van der Waals surface area contributed by atoms with Crippen LogP contribution < -0.4 is 19.9 Å². The van der Waals surface area contributed by atoms with E-state index in [4.69, 9.17) is 31.5 Å². The molecule has 3 rings (SSSR count). The van der Waals surface area contributed by atoms with Crippen LogP contribution >= 0.6 is 11.6 Å². The third kappa shape index (κ3) is 4.96. The van der Waals surface area contributed by atoms with Gasteiger partial charge in [0.15, 0.2) is 11.5 Å². The molecule has 1 aromatic heterocycles. The molecule has 0 saturated heterocycles. The number of nitrogens with zero attached hydrogens (tertiary/aromatic N) is 1. The van der Waals surface area contributed by atoms with E-state index in [0.29, 0.717) is 28.9 Å². The minimum Gasteiger partial charge on any atom is -0.497 e. The molecule has 3 aromatic rings. The number of pyridine rings is 1. The van der Waals surface area contributed by atoms with Gasteiger partial charge in [-0.05, 0) is 41.5 Å². The second kappa shape index (κ2) is 9.15. The van der Waals surface area contributed by atoms with Gasteiger partial charge in [-0.15, -0.1) is 0 Å². The van der Waals surface area contributed by atoms with Gasteiger partial charge in [0.25, 0.3) is 0 Å². The van der Waals surface area contributed by atoms with Crippen molar-refractivity contribution in [3.8, 4) is 17.2 Å². The van der Waals surface area contributed by atoms with E-state index in [0.717, 1.165) is 22.4 Å². The molecule has 2 N–H and O–H groups in total. The molecule has 0 radical (unpaired) electrons. The first-order valence-corrected chi connectivity index (χ1v) is 8.99. The van der Waals surface area contributed by atoms with Gasteiger partial charge in [-0.3, -0.25) is 0 Å². The van der Waals surface area contributed by atoms with E-state index in [1.165, 1.54) is 6.20 Å². The molecule has 2 aromatic carbocycles. The zero-order valence-corrected chi connectivity index (χ0v) is 16.4. The van der Waals surface area contributed by atoms with E-state index in [1.807, 2.05) is 54.6 Å². The number of nitrogens with two attached hydrogens (primary N) is 1. The minimum absolute atomic E-state index is 0.423. The fraction of sp³-hybridized carbons (Fsp3) is 0.136. The topological polar surface area (TPSA) is 66.6 Å². The Kier molecular flexibility index (Phi) is 6.40. The highest BCUT2D eigenvalue weighted by molar-refractivity contribution is 6.30. The van der Waals surface area contributed by atoms with Gasteiger partial charge < -0.3 is 19.9 Å². The maximum absolute atomic E-state index is 5.97. The smallest absolute Gasteiger partial charge is 0.161 e. The molecule has 0 atom stereocenters. The Bertz CT molecular complexity index is 972. The van der Waals surface area contributed by atoms with Crippen molar-refractivity contribution in [2.75, 3.05) is 20.0 Å². The molecular formula is C22H21ClN2O3. The predicted molar refractivity (Wildman–Crippen MR) is 113 cm³/mol. The summed E-state index contributed by atoms with van der Waals surface area (Å²) in [6.45, 7) is 0.431. The molecule has 5 nitrogen and oxygen atoms in total. The number of aromatic nitrogens is 1. The lowest BCUT2D eigenvalue weighted by Crippen LogP contribution is -1.98. The summed E-state index contributed by atoms with van der Waals surface area (Å²) in [7, 11) is 3.26. The number of hydrogen-bond donors (Lipinski definition) is 1. The molecule has 0 aliphatic heterocycles. The molecule has 1 heterocycles. The van der Waals surface area contributed by atoms with Crippen LogP contribution in [-0.4, -0.2) is 19.2 Å². The van der Waals surface area contributed by atoms with Crippen LogP contribution in [0.15, 0.2) is 54.7 Å². The highest BCUT2D eigenvalue weighted by Crippen LogP contribution is 2.30. The van der Waals surface area contributed by atoms with E-state index in [1.54, 1.807) is 20.3 Å². The van der Waals surface area contributed by atoms with Crippen molar-refractivity contribution < 1.29 is 14.2 Å². The van der Waals surface area contributed by atoms with Gasteiger partial charge in [-0.25, -0.2) is 4.98 Å². The van der Waals surface area contributed by atoms with Crippen LogP contribution in [0.3, 0.4) is 0 Å². The maximum atomic E-state index is 5.97. The van der Waals surface area contributed by atoms with Crippen LogP contribution in [0.25, 0.3) is 12.2 Å². The summed E-state index contributed by atoms with van der Waals surface area (Å²) < 4.78 is 16.5. The van der Waals surface area contributed by atoms with Gasteiger partial charge in [0, 0.05) is 11.8 Å². The number of halogens is 1. The number of nitrogen functional groups attached to an aromatic ring is 1. The largest absolute Gasteiger partial charge is 0.497 e. The zero-order valence-electron chi connectivity index (χ0n) is 15.7. The Morgan fingerprint density at radius 3 is 2.46 bits per heavy atom. The highest BCUT2D eigenvalue weighted by atomic mass is 35.5. The Labute approximate surface area is 169 Å². The average Bonchev–Trinajstić information content (AvgIpc) is 2.73. The Balaban J connectivity index is 1.72. The van der Waals surface area contributed by atoms with E-state index in [-0.39, 0.29) is 0 Å². The Hall–Kier alpha value is -3.18. The molecule has 0 spiro atoms. The van der Waals surface area contributed by atoms with Crippen molar-refractivity contribution in [2.45, 2.75) is 6.61 Å². The van der Waals surface area contributed by atoms with Gasteiger partial charge in [0.2, 0.25) is 0 Å². The third-order valence-electron chi connectivity index (χ3n) is 4.11. The molecule has 0 saturated carbocycles. The number of anilines is 1. The average molecular weight is 397 g/mol. The highest BCUT2D eigenvalue weighted by Gasteiger charge is 2.06. The van der Waals surface area contributed by atoms with Gasteiger partial charge in [0.1, 0.15) is 18.2 Å². The lowest BCUT2D eigenvalue weighted by Gasteiger charge is -2.12. The Morgan fingerprint density at radius 1 is 0.964 bits per heavy atom. The summed E-state index contributed by atoms with van der Waals surface area (Å²) in [4.78, 5) is 4.04. The lowest BCUT2D eigenvalue weighted by molar-refractivity contribution is 0.284. The molecule has 0 aliphatic carbocycles. The van der Waals surface area contributed by atoms with Crippen molar-refractivity contribution in [3.63, 3.8) is 0 Å². The van der Waals surface area contributed by atoms with Crippen molar-refractivity contribution in [1.82, 2.24) is 4.98 Å². The van der Waals surface area contributed by atoms with E-state index in [9.17, 15) is 0 Å². The summed E-state index contributed by atoms with van der Waals surface area (Å²) in [5, 5.41) is 0.536. The molecule has 6 heteroatoms. The maximum Gasteiger partial charge on any atom is 0.161 e. The summed E-state index contributed by atoms with van der Waals surface area (Å²) in [5.74, 6) is 2.55. The molecule has 28 heavy (non-hydrogen) atoms. The molecule has 0 unspecified atom stereocenters. The number of methoxy groups -OCH3 is 2. The van der Waals surface area contributed by atoms with E-state index >= 15 is 0 Å². The van der Waals surface area contributed by atoms with Gasteiger partial charge in [-0.2, -0.15) is 0 Å². The standard InChI is InChI=1S/C22H21ClN2O3/c1-26-19-8-4-16(5-9-19)14-28-20-10-6-15(11-21(20)27-2)3-7-17-12-18(23)13-25-22(17)24/h3-13H,14H2,1-2H3,(H2,24,25)/b7-3+. The number of ether oxygens (including phenoxy) is 3. The molecule has 144 valence electrons. The number of rotatable bonds is 7. The van der Waals surface area contributed by atoms with Gasteiger partial charge >= 0.3 is 0 Å². The molecule has 0 fully saturated rings. The molecule has 0 aliphatic rings. The van der Waals surface area contributed by atoms with Crippen molar-refractivity contribution >= 4 is 29.6 Å². The first kappa shape index (κ1) is 19.6. The first-order chi connectivity index (χ1) is 13.6. The van der Waals surface area contributed by atoms with Crippen LogP contribution in [0.1, 0.15) is 16.7 Å². The first-order valence-electron chi connectivity index (χ1n) is 8.62. The van der Waals surface area contributed by atoms with Crippen molar-refractivity contribution in [1.29, 1.82) is 0 Å². The molecule has 0 bridgehead atoms. The summed E-state index contributed by atoms with van der Waals surface area (Å²) in [6.07, 6.45) is 5.30. The number of benzene rings is 2. The SMILES string of the molecule is COc1ccc(COc2ccc(/C=C/c3cc(Cl)cnc3N)cc2OC)cc1.